The zero-order valence-electron chi connectivity index (χ0n) is 19.5. The van der Waals surface area contributed by atoms with Crippen LogP contribution in [-0.2, 0) is 0 Å². The molecular weight excluding hydrogens is 429 g/mol. The number of likely N-dealkylation sites (tertiary alicyclic amines) is 1. The highest BCUT2D eigenvalue weighted by Crippen LogP contribution is 2.32. The second kappa shape index (κ2) is 9.35. The molecule has 0 aliphatic carbocycles. The van der Waals surface area contributed by atoms with Gasteiger partial charge in [0, 0.05) is 18.2 Å². The van der Waals surface area contributed by atoms with Crippen LogP contribution in [0.25, 0.3) is 28.0 Å². The molecule has 1 fully saturated rings. The van der Waals surface area contributed by atoms with E-state index >= 15 is 0 Å². The smallest absolute Gasteiger partial charge is 0.269 e. The van der Waals surface area contributed by atoms with Crippen molar-refractivity contribution in [3.8, 4) is 16.9 Å². The lowest BCUT2D eigenvalue weighted by molar-refractivity contribution is 0.0945. The van der Waals surface area contributed by atoms with E-state index in [1.54, 1.807) is 16.8 Å². The van der Waals surface area contributed by atoms with Gasteiger partial charge in [-0.1, -0.05) is 36.4 Å². The van der Waals surface area contributed by atoms with Gasteiger partial charge in [-0.15, -0.1) is 0 Å². The molecule has 4 aromatic rings. The second-order valence-corrected chi connectivity index (χ2v) is 8.95. The topological polar surface area (TPSA) is 63.1 Å². The van der Waals surface area contributed by atoms with Crippen LogP contribution in [0.1, 0.15) is 35.3 Å². The molecule has 1 atom stereocenters. The van der Waals surface area contributed by atoms with Crippen LogP contribution < -0.4 is 5.32 Å². The standard InChI is InChI=1S/C27H28FN5O/c1-18-16-23(27(34)29-14-13-21-12-7-15-32(21)2)30-26-24(18)25(19-8-4-3-5-9-19)31-33(26)22-11-6-10-20(28)17-22/h3-6,8-11,16-17,21H,7,12-15H2,1-2H3,(H,29,34)/t21-/m0/s1. The molecule has 3 heterocycles. The van der Waals surface area contributed by atoms with Crippen molar-refractivity contribution in [2.75, 3.05) is 20.1 Å². The van der Waals surface area contributed by atoms with Gasteiger partial charge < -0.3 is 10.2 Å². The average Bonchev–Trinajstić information content (AvgIpc) is 3.43. The van der Waals surface area contributed by atoms with E-state index in [2.05, 4.69) is 17.3 Å². The van der Waals surface area contributed by atoms with Crippen LogP contribution in [0.4, 0.5) is 4.39 Å². The number of fused-ring (bicyclic) bond motifs is 1. The summed E-state index contributed by atoms with van der Waals surface area (Å²) in [7, 11) is 2.14. The molecule has 1 saturated heterocycles. The molecule has 1 aliphatic heterocycles. The lowest BCUT2D eigenvalue weighted by atomic mass is 10.1. The molecule has 2 aromatic heterocycles. The molecular formula is C27H28FN5O. The van der Waals surface area contributed by atoms with Crippen LogP contribution in [-0.4, -0.2) is 51.8 Å². The first-order valence-corrected chi connectivity index (χ1v) is 11.7. The fraction of sp³-hybridized carbons (Fsp3) is 0.296. The number of rotatable bonds is 6. The lowest BCUT2D eigenvalue weighted by Gasteiger charge is -2.19. The molecule has 7 heteroatoms. The number of amides is 1. The molecule has 174 valence electrons. The average molecular weight is 458 g/mol. The number of carbonyl (C=O) groups excluding carboxylic acids is 1. The summed E-state index contributed by atoms with van der Waals surface area (Å²) in [5.41, 5.74) is 4.01. The Balaban J connectivity index is 1.52. The normalized spacial score (nSPS) is 16.3. The Morgan fingerprint density at radius 2 is 1.97 bits per heavy atom. The van der Waals surface area contributed by atoms with Crippen LogP contribution >= 0.6 is 0 Å². The first-order chi connectivity index (χ1) is 16.5. The highest BCUT2D eigenvalue weighted by molar-refractivity contribution is 5.99. The number of hydrogen-bond donors (Lipinski definition) is 1. The van der Waals surface area contributed by atoms with Gasteiger partial charge in [0.05, 0.1) is 11.1 Å². The summed E-state index contributed by atoms with van der Waals surface area (Å²) in [6.45, 7) is 3.67. The van der Waals surface area contributed by atoms with Gasteiger partial charge in [-0.05, 0) is 69.6 Å². The molecule has 1 amide bonds. The summed E-state index contributed by atoms with van der Waals surface area (Å²) in [4.78, 5) is 20.1. The molecule has 0 unspecified atom stereocenters. The summed E-state index contributed by atoms with van der Waals surface area (Å²) in [6, 6.07) is 18.4. The largest absolute Gasteiger partial charge is 0.351 e. The highest BCUT2D eigenvalue weighted by Gasteiger charge is 2.22. The molecule has 34 heavy (non-hydrogen) atoms. The van der Waals surface area contributed by atoms with Crippen molar-refractivity contribution in [3.05, 3.63) is 77.7 Å². The van der Waals surface area contributed by atoms with Gasteiger partial charge >= 0.3 is 0 Å². The van der Waals surface area contributed by atoms with Crippen LogP contribution in [0, 0.1) is 12.7 Å². The predicted molar refractivity (Wildman–Crippen MR) is 132 cm³/mol. The molecule has 1 aliphatic rings. The van der Waals surface area contributed by atoms with Gasteiger partial charge in [0.2, 0.25) is 0 Å². The Morgan fingerprint density at radius 1 is 1.15 bits per heavy atom. The van der Waals surface area contributed by atoms with Gasteiger partial charge in [-0.25, -0.2) is 14.1 Å². The van der Waals surface area contributed by atoms with Crippen molar-refractivity contribution >= 4 is 16.9 Å². The Bertz CT molecular complexity index is 1330. The summed E-state index contributed by atoms with van der Waals surface area (Å²) >= 11 is 0. The molecule has 0 bridgehead atoms. The summed E-state index contributed by atoms with van der Waals surface area (Å²) in [6.07, 6.45) is 3.30. The maximum Gasteiger partial charge on any atom is 0.269 e. The SMILES string of the molecule is Cc1cc(C(=O)NCC[C@@H]2CCCN2C)nc2c1c(-c1ccccc1)nn2-c1cccc(F)c1. The molecule has 5 rings (SSSR count). The number of pyridine rings is 1. The van der Waals surface area contributed by atoms with E-state index in [0.29, 0.717) is 29.6 Å². The number of benzene rings is 2. The van der Waals surface area contributed by atoms with Gasteiger partial charge in [-0.3, -0.25) is 4.79 Å². The molecule has 6 nitrogen and oxygen atoms in total. The van der Waals surface area contributed by atoms with Crippen molar-refractivity contribution in [1.29, 1.82) is 0 Å². The summed E-state index contributed by atoms with van der Waals surface area (Å²) < 4.78 is 15.7. The minimum atomic E-state index is -0.357. The number of carbonyl (C=O) groups is 1. The van der Waals surface area contributed by atoms with E-state index in [1.807, 2.05) is 43.3 Å². The quantitative estimate of drug-likeness (QED) is 0.454. The fourth-order valence-electron chi connectivity index (χ4n) is 4.79. The van der Waals surface area contributed by atoms with Gasteiger partial charge in [0.1, 0.15) is 17.2 Å². The minimum absolute atomic E-state index is 0.209. The van der Waals surface area contributed by atoms with Crippen molar-refractivity contribution in [3.63, 3.8) is 0 Å². The van der Waals surface area contributed by atoms with Crippen molar-refractivity contribution < 1.29 is 9.18 Å². The van der Waals surface area contributed by atoms with Crippen LogP contribution in [0.2, 0.25) is 0 Å². The lowest BCUT2D eigenvalue weighted by Crippen LogP contribution is -2.32. The fourth-order valence-corrected chi connectivity index (χ4v) is 4.79. The number of aromatic nitrogens is 3. The number of hydrogen-bond acceptors (Lipinski definition) is 4. The third-order valence-corrected chi connectivity index (χ3v) is 6.60. The highest BCUT2D eigenvalue weighted by atomic mass is 19.1. The first-order valence-electron chi connectivity index (χ1n) is 11.7. The zero-order chi connectivity index (χ0) is 23.7. The predicted octanol–water partition coefficient (Wildman–Crippen LogP) is 4.75. The zero-order valence-corrected chi connectivity index (χ0v) is 19.5. The molecule has 0 spiro atoms. The van der Waals surface area contributed by atoms with Gasteiger partial charge in [0.25, 0.3) is 5.91 Å². The van der Waals surface area contributed by atoms with Crippen LogP contribution in [0.15, 0.2) is 60.7 Å². The van der Waals surface area contributed by atoms with Crippen molar-refractivity contribution in [1.82, 2.24) is 25.0 Å². The van der Waals surface area contributed by atoms with E-state index < -0.39 is 0 Å². The molecule has 0 saturated carbocycles. The third kappa shape index (κ3) is 4.31. The van der Waals surface area contributed by atoms with Crippen LogP contribution in [0.3, 0.4) is 0 Å². The molecule has 1 N–H and O–H groups in total. The minimum Gasteiger partial charge on any atom is -0.351 e. The van der Waals surface area contributed by atoms with E-state index in [1.165, 1.54) is 25.0 Å². The first kappa shape index (κ1) is 22.2. The Kier molecular flexibility index (Phi) is 6.11. The van der Waals surface area contributed by atoms with Crippen molar-refractivity contribution in [2.45, 2.75) is 32.2 Å². The molecule has 0 radical (unpaired) electrons. The number of nitrogens with one attached hydrogen (secondary N) is 1. The number of halogens is 1. The summed E-state index contributed by atoms with van der Waals surface area (Å²) in [5, 5.41) is 8.68. The Hall–Kier alpha value is -3.58. The second-order valence-electron chi connectivity index (χ2n) is 8.95. The summed E-state index contributed by atoms with van der Waals surface area (Å²) in [5.74, 6) is -0.566. The van der Waals surface area contributed by atoms with E-state index in [-0.39, 0.29) is 11.7 Å². The molecule has 2 aromatic carbocycles. The van der Waals surface area contributed by atoms with E-state index in [0.717, 1.165) is 35.2 Å². The Labute approximate surface area is 198 Å². The van der Waals surface area contributed by atoms with Crippen molar-refractivity contribution in [2.24, 2.45) is 0 Å². The van der Waals surface area contributed by atoms with Crippen LogP contribution in [0.5, 0.6) is 0 Å². The Morgan fingerprint density at radius 3 is 2.71 bits per heavy atom. The van der Waals surface area contributed by atoms with E-state index in [4.69, 9.17) is 10.1 Å². The monoisotopic (exact) mass is 457 g/mol. The number of aryl methyl sites for hydroxylation is 1. The third-order valence-electron chi connectivity index (χ3n) is 6.60. The van der Waals surface area contributed by atoms with E-state index in [9.17, 15) is 9.18 Å². The van der Waals surface area contributed by atoms with Gasteiger partial charge in [-0.2, -0.15) is 5.10 Å². The maximum absolute atomic E-state index is 14.0. The number of nitrogens with zero attached hydrogens (tertiary/aromatic N) is 4. The van der Waals surface area contributed by atoms with Gasteiger partial charge in [0.15, 0.2) is 5.65 Å². The maximum atomic E-state index is 14.0.